The molecule has 1 atom stereocenters. The van der Waals surface area contributed by atoms with Crippen molar-refractivity contribution >= 4 is 28.7 Å². The molecule has 1 aliphatic rings. The standard InChI is InChI=1S/C29H33FN4O6/c30-22-9-10-24-21(16-22)17-23(31-24)19-34-13-5-6-20(28(34)38)18-26(36)25(32-29(39)40-15-14-35)7-1-2-8-27(37)33-11-3-4-12-33/h2,5-6,8-10,13,16-17,25,31,35H,1,3-4,7,11-12,14-15,18-19H2,(H,32,39)/b8-2+/t25-/m0/s1. The highest BCUT2D eigenvalue weighted by Gasteiger charge is 2.23. The van der Waals surface area contributed by atoms with Gasteiger partial charge in [-0.05, 0) is 62.1 Å². The third-order valence-electron chi connectivity index (χ3n) is 6.75. The minimum atomic E-state index is -0.964. The van der Waals surface area contributed by atoms with Gasteiger partial charge in [-0.1, -0.05) is 12.1 Å². The van der Waals surface area contributed by atoms with E-state index in [1.807, 2.05) is 0 Å². The second kappa shape index (κ2) is 13.7. The molecule has 1 aliphatic heterocycles. The first kappa shape index (κ1) is 28.8. The van der Waals surface area contributed by atoms with Crippen LogP contribution in [0.25, 0.3) is 10.9 Å². The van der Waals surface area contributed by atoms with Crippen LogP contribution < -0.4 is 10.9 Å². The minimum Gasteiger partial charge on any atom is -0.447 e. The summed E-state index contributed by atoms with van der Waals surface area (Å²) < 4.78 is 19.9. The molecule has 2 aromatic heterocycles. The van der Waals surface area contributed by atoms with Gasteiger partial charge in [0.2, 0.25) is 5.91 Å². The number of nitrogens with one attached hydrogen (secondary N) is 2. The number of aliphatic hydroxyl groups excluding tert-OH is 1. The summed E-state index contributed by atoms with van der Waals surface area (Å²) in [7, 11) is 0. The molecule has 1 aromatic carbocycles. The molecule has 40 heavy (non-hydrogen) atoms. The van der Waals surface area contributed by atoms with Crippen molar-refractivity contribution in [3.8, 4) is 0 Å². The molecule has 10 nitrogen and oxygen atoms in total. The monoisotopic (exact) mass is 552 g/mol. The highest BCUT2D eigenvalue weighted by molar-refractivity contribution is 5.89. The Morgan fingerprint density at radius 2 is 1.98 bits per heavy atom. The maximum Gasteiger partial charge on any atom is 0.407 e. The van der Waals surface area contributed by atoms with Crippen molar-refractivity contribution in [3.05, 3.63) is 82.2 Å². The topological polar surface area (TPSA) is 134 Å². The lowest BCUT2D eigenvalue weighted by atomic mass is 10.0. The number of allylic oxidation sites excluding steroid dienone is 1. The zero-order valence-corrected chi connectivity index (χ0v) is 22.1. The van der Waals surface area contributed by atoms with Crippen LogP contribution in [0.3, 0.4) is 0 Å². The number of halogens is 1. The fraction of sp³-hybridized carbons (Fsp3) is 0.379. The van der Waals surface area contributed by atoms with Gasteiger partial charge >= 0.3 is 6.09 Å². The van der Waals surface area contributed by atoms with Crippen LogP contribution in [0.15, 0.2) is 59.5 Å². The Morgan fingerprint density at radius 3 is 2.75 bits per heavy atom. The van der Waals surface area contributed by atoms with E-state index in [4.69, 9.17) is 9.84 Å². The number of rotatable bonds is 12. The molecule has 0 unspecified atom stereocenters. The molecule has 0 radical (unpaired) electrons. The van der Waals surface area contributed by atoms with Gasteiger partial charge < -0.3 is 29.6 Å². The number of amides is 2. The zero-order chi connectivity index (χ0) is 28.5. The molecule has 1 fully saturated rings. The van der Waals surface area contributed by atoms with E-state index < -0.39 is 17.9 Å². The van der Waals surface area contributed by atoms with Crippen molar-refractivity contribution in [1.82, 2.24) is 19.8 Å². The Balaban J connectivity index is 1.43. The van der Waals surface area contributed by atoms with Crippen LogP contribution in [0.2, 0.25) is 0 Å². The van der Waals surface area contributed by atoms with Gasteiger partial charge in [0.25, 0.3) is 5.56 Å². The number of ketones is 1. The summed E-state index contributed by atoms with van der Waals surface area (Å²) in [4.78, 5) is 55.7. The number of fused-ring (bicyclic) bond motifs is 1. The van der Waals surface area contributed by atoms with Gasteiger partial charge in [-0.3, -0.25) is 14.4 Å². The summed E-state index contributed by atoms with van der Waals surface area (Å²) in [6.07, 6.45) is 6.18. The number of aromatic nitrogens is 2. The van der Waals surface area contributed by atoms with Crippen LogP contribution in [-0.2, 0) is 27.3 Å². The lowest BCUT2D eigenvalue weighted by Crippen LogP contribution is -2.42. The molecule has 0 spiro atoms. The summed E-state index contributed by atoms with van der Waals surface area (Å²) in [5.41, 5.74) is 1.34. The third-order valence-corrected chi connectivity index (χ3v) is 6.75. The van der Waals surface area contributed by atoms with E-state index in [9.17, 15) is 23.6 Å². The maximum absolute atomic E-state index is 13.5. The molecule has 212 valence electrons. The van der Waals surface area contributed by atoms with Crippen LogP contribution in [-0.4, -0.2) is 69.7 Å². The number of Topliss-reactive ketones (excluding diaryl/α,β-unsaturated/α-hetero) is 1. The highest BCUT2D eigenvalue weighted by atomic mass is 19.1. The molecule has 0 saturated carbocycles. The number of pyridine rings is 1. The quantitative estimate of drug-likeness (QED) is 0.296. The van der Waals surface area contributed by atoms with E-state index in [2.05, 4.69) is 10.3 Å². The van der Waals surface area contributed by atoms with Gasteiger partial charge in [0.05, 0.1) is 19.2 Å². The van der Waals surface area contributed by atoms with Crippen molar-refractivity contribution in [2.75, 3.05) is 26.3 Å². The summed E-state index contributed by atoms with van der Waals surface area (Å²) in [6.45, 7) is 1.08. The zero-order valence-electron chi connectivity index (χ0n) is 22.1. The Morgan fingerprint density at radius 1 is 1.18 bits per heavy atom. The van der Waals surface area contributed by atoms with Crippen LogP contribution >= 0.6 is 0 Å². The number of H-pyrrole nitrogens is 1. The minimum absolute atomic E-state index is 0.0828. The van der Waals surface area contributed by atoms with E-state index in [0.717, 1.165) is 31.4 Å². The number of ether oxygens (including phenoxy) is 1. The fourth-order valence-electron chi connectivity index (χ4n) is 4.71. The normalized spacial score (nSPS) is 14.1. The van der Waals surface area contributed by atoms with E-state index >= 15 is 0 Å². The first-order chi connectivity index (χ1) is 19.3. The first-order valence-corrected chi connectivity index (χ1v) is 13.3. The summed E-state index contributed by atoms with van der Waals surface area (Å²) in [6, 6.07) is 8.42. The summed E-state index contributed by atoms with van der Waals surface area (Å²) >= 11 is 0. The second-order valence-electron chi connectivity index (χ2n) is 9.70. The maximum atomic E-state index is 13.5. The van der Waals surface area contributed by atoms with E-state index in [1.165, 1.54) is 22.8 Å². The second-order valence-corrected chi connectivity index (χ2v) is 9.70. The number of carbonyl (C=O) groups is 3. The molecule has 3 heterocycles. The molecule has 3 aromatic rings. The Bertz CT molecular complexity index is 1440. The van der Waals surface area contributed by atoms with Crippen LogP contribution in [0, 0.1) is 5.82 Å². The SMILES string of the molecule is O=C(N[C@@H](CC/C=C/C(=O)N1CCCC1)C(=O)Cc1cccn(Cc2cc3cc(F)ccc3[nH]2)c1=O)OCCO. The predicted octanol–water partition coefficient (Wildman–Crippen LogP) is 2.67. The molecule has 4 rings (SSSR count). The van der Waals surface area contributed by atoms with Gasteiger partial charge in [0.15, 0.2) is 5.78 Å². The summed E-state index contributed by atoms with van der Waals surface area (Å²) in [5, 5.41) is 12.1. The van der Waals surface area contributed by atoms with E-state index in [1.54, 1.807) is 41.4 Å². The van der Waals surface area contributed by atoms with Crippen LogP contribution in [0.5, 0.6) is 0 Å². The number of aromatic amines is 1. The number of hydrogen-bond acceptors (Lipinski definition) is 6. The molecule has 11 heteroatoms. The molecule has 3 N–H and O–H groups in total. The number of hydrogen-bond donors (Lipinski definition) is 3. The number of benzene rings is 1. The number of nitrogens with zero attached hydrogens (tertiary/aromatic N) is 2. The lowest BCUT2D eigenvalue weighted by molar-refractivity contribution is -0.125. The van der Waals surface area contributed by atoms with Crippen molar-refractivity contribution in [1.29, 1.82) is 0 Å². The largest absolute Gasteiger partial charge is 0.447 e. The van der Waals surface area contributed by atoms with Crippen molar-refractivity contribution in [2.45, 2.75) is 44.7 Å². The molecular weight excluding hydrogens is 519 g/mol. The number of carbonyl (C=O) groups excluding carboxylic acids is 3. The van der Waals surface area contributed by atoms with E-state index in [-0.39, 0.29) is 55.4 Å². The summed E-state index contributed by atoms with van der Waals surface area (Å²) in [5.74, 6) is -0.829. The Kier molecular flexibility index (Phi) is 9.85. The fourth-order valence-corrected chi connectivity index (χ4v) is 4.71. The highest BCUT2D eigenvalue weighted by Crippen LogP contribution is 2.17. The van der Waals surface area contributed by atoms with Crippen molar-refractivity contribution in [3.63, 3.8) is 0 Å². The van der Waals surface area contributed by atoms with Gasteiger partial charge in [0, 0.05) is 47.9 Å². The molecule has 0 bridgehead atoms. The number of likely N-dealkylation sites (tertiary alicyclic amines) is 1. The number of alkyl carbamates (subject to hydrolysis) is 1. The lowest BCUT2D eigenvalue weighted by Gasteiger charge is -2.17. The molecule has 2 amide bonds. The Labute approximate surface area is 230 Å². The van der Waals surface area contributed by atoms with Gasteiger partial charge in [-0.25, -0.2) is 9.18 Å². The predicted molar refractivity (Wildman–Crippen MR) is 146 cm³/mol. The third kappa shape index (κ3) is 7.66. The molecular formula is C29H33FN4O6. The Hall–Kier alpha value is -4.25. The van der Waals surface area contributed by atoms with Crippen LogP contribution in [0.4, 0.5) is 9.18 Å². The van der Waals surface area contributed by atoms with Crippen LogP contribution in [0.1, 0.15) is 36.9 Å². The average Bonchev–Trinajstić information content (AvgIpc) is 3.61. The molecule has 0 aliphatic carbocycles. The van der Waals surface area contributed by atoms with Crippen molar-refractivity contribution < 1.29 is 28.6 Å². The average molecular weight is 553 g/mol. The number of aliphatic hydroxyl groups is 1. The van der Waals surface area contributed by atoms with Gasteiger partial charge in [-0.2, -0.15) is 0 Å². The van der Waals surface area contributed by atoms with Crippen molar-refractivity contribution in [2.24, 2.45) is 0 Å². The smallest absolute Gasteiger partial charge is 0.407 e. The van der Waals surface area contributed by atoms with Gasteiger partial charge in [0.1, 0.15) is 12.4 Å². The molecule has 1 saturated heterocycles. The first-order valence-electron chi connectivity index (χ1n) is 13.3. The van der Waals surface area contributed by atoms with Gasteiger partial charge in [-0.15, -0.1) is 0 Å². The van der Waals surface area contributed by atoms with E-state index in [0.29, 0.717) is 17.5 Å².